The van der Waals surface area contributed by atoms with E-state index in [1.54, 1.807) is 6.07 Å². The van der Waals surface area contributed by atoms with Crippen LogP contribution in [0.2, 0.25) is 0 Å². The molecular weight excluding hydrogens is 304 g/mol. The molecule has 2 fully saturated rings. The Bertz CT molecular complexity index is 660. The lowest BCUT2D eigenvalue weighted by molar-refractivity contribution is -0.143. The monoisotopic (exact) mass is 320 g/mol. The number of aryl methyl sites for hydroxylation is 1. The summed E-state index contributed by atoms with van der Waals surface area (Å²) < 4.78 is 0. The van der Waals surface area contributed by atoms with Gasteiger partial charge in [0.2, 0.25) is 0 Å². The molecule has 6 nitrogen and oxygen atoms in total. The summed E-state index contributed by atoms with van der Waals surface area (Å²) >= 11 is 1.31. The van der Waals surface area contributed by atoms with Gasteiger partial charge in [0.1, 0.15) is 0 Å². The summed E-state index contributed by atoms with van der Waals surface area (Å²) in [5.74, 6) is -2.01. The highest BCUT2D eigenvalue weighted by molar-refractivity contribution is 7.14. The number of urea groups is 1. The largest absolute Gasteiger partial charge is 0.334 e. The van der Waals surface area contributed by atoms with Gasteiger partial charge in [0.15, 0.2) is 5.78 Å². The third-order valence-electron chi connectivity index (χ3n) is 4.09. The molecule has 1 saturated carbocycles. The number of hydrogen-bond donors (Lipinski definition) is 0. The lowest BCUT2D eigenvalue weighted by atomic mass is 10.2. The zero-order valence-corrected chi connectivity index (χ0v) is 13.0. The molecule has 1 aliphatic carbocycles. The maximum absolute atomic E-state index is 12.3. The summed E-state index contributed by atoms with van der Waals surface area (Å²) in [7, 11) is 0. The van der Waals surface area contributed by atoms with Gasteiger partial charge in [0, 0.05) is 10.9 Å². The fourth-order valence-electron chi connectivity index (χ4n) is 2.95. The average Bonchev–Trinajstić information content (AvgIpc) is 3.18. The number of rotatable bonds is 4. The molecule has 1 aromatic rings. The first-order valence-electron chi connectivity index (χ1n) is 7.27. The molecule has 0 aromatic carbocycles. The molecule has 7 heteroatoms. The molecule has 2 aliphatic rings. The van der Waals surface area contributed by atoms with Crippen LogP contribution >= 0.6 is 11.3 Å². The lowest BCUT2D eigenvalue weighted by Crippen LogP contribution is -2.40. The number of nitrogens with zero attached hydrogens (tertiary/aromatic N) is 2. The van der Waals surface area contributed by atoms with Crippen molar-refractivity contribution in [3.8, 4) is 0 Å². The molecule has 0 radical (unpaired) electrons. The number of carbonyl (C=O) groups is 4. The highest BCUT2D eigenvalue weighted by Gasteiger charge is 2.48. The second-order valence-corrected chi connectivity index (χ2v) is 6.91. The molecule has 0 atom stereocenters. The second-order valence-electron chi connectivity index (χ2n) is 5.62. The molecule has 2 heterocycles. The Hall–Kier alpha value is -2.02. The van der Waals surface area contributed by atoms with Crippen molar-refractivity contribution in [2.75, 3.05) is 6.54 Å². The number of imide groups is 2. The molecule has 0 unspecified atom stereocenters. The van der Waals surface area contributed by atoms with Crippen LogP contribution in [0.1, 0.15) is 40.2 Å². The van der Waals surface area contributed by atoms with E-state index in [2.05, 4.69) is 0 Å². The molecule has 22 heavy (non-hydrogen) atoms. The molecule has 116 valence electrons. The van der Waals surface area contributed by atoms with Crippen LogP contribution in [-0.2, 0) is 9.59 Å². The highest BCUT2D eigenvalue weighted by Crippen LogP contribution is 2.28. The Balaban J connectivity index is 1.76. The van der Waals surface area contributed by atoms with Crippen LogP contribution < -0.4 is 0 Å². The van der Waals surface area contributed by atoms with E-state index < -0.39 is 17.8 Å². The number of amides is 4. The Labute approximate surface area is 131 Å². The van der Waals surface area contributed by atoms with Crippen LogP contribution in [0.3, 0.4) is 0 Å². The Morgan fingerprint density at radius 1 is 1.18 bits per heavy atom. The summed E-state index contributed by atoms with van der Waals surface area (Å²) in [5, 5.41) is 0. The molecule has 1 aromatic heterocycles. The SMILES string of the molecule is Cc1ccc(C(=O)CN2C(=O)C(=O)N(C3CCCC3)C2=O)s1. The van der Waals surface area contributed by atoms with Gasteiger partial charge in [-0.25, -0.2) is 9.69 Å². The number of ketones is 1. The Morgan fingerprint density at radius 2 is 1.86 bits per heavy atom. The smallest absolute Gasteiger partial charge is 0.291 e. The van der Waals surface area contributed by atoms with Gasteiger partial charge < -0.3 is 0 Å². The minimum atomic E-state index is -0.890. The van der Waals surface area contributed by atoms with Gasteiger partial charge in [-0.15, -0.1) is 11.3 Å². The normalized spacial score (nSPS) is 19.6. The summed E-state index contributed by atoms with van der Waals surface area (Å²) in [6, 6.07) is 2.63. The van der Waals surface area contributed by atoms with Crippen LogP contribution in [0.4, 0.5) is 4.79 Å². The number of Topliss-reactive ketones (excluding diaryl/α,β-unsaturated/α-hetero) is 1. The van der Waals surface area contributed by atoms with Crippen molar-refractivity contribution in [2.45, 2.75) is 38.6 Å². The maximum atomic E-state index is 12.3. The second kappa shape index (κ2) is 5.64. The van der Waals surface area contributed by atoms with Gasteiger partial charge in [-0.2, -0.15) is 0 Å². The van der Waals surface area contributed by atoms with E-state index in [1.165, 1.54) is 11.3 Å². The molecule has 1 saturated heterocycles. The van der Waals surface area contributed by atoms with E-state index in [-0.39, 0.29) is 18.4 Å². The molecule has 3 rings (SSSR count). The minimum absolute atomic E-state index is 0.201. The first kappa shape index (κ1) is 14.9. The zero-order valence-electron chi connectivity index (χ0n) is 12.2. The van der Waals surface area contributed by atoms with E-state index >= 15 is 0 Å². The van der Waals surface area contributed by atoms with Gasteiger partial charge in [-0.3, -0.25) is 19.3 Å². The standard InChI is InChI=1S/C15H16N2O4S/c1-9-6-7-12(22-9)11(18)8-16-13(19)14(20)17(15(16)21)10-4-2-3-5-10/h6-7,10H,2-5,8H2,1H3. The summed E-state index contributed by atoms with van der Waals surface area (Å²) in [6.07, 6.45) is 3.36. The maximum Gasteiger partial charge on any atom is 0.334 e. The highest BCUT2D eigenvalue weighted by atomic mass is 32.1. The van der Waals surface area contributed by atoms with Crippen LogP contribution in [0.15, 0.2) is 12.1 Å². The fraction of sp³-hybridized carbons (Fsp3) is 0.467. The van der Waals surface area contributed by atoms with Gasteiger partial charge in [-0.1, -0.05) is 12.8 Å². The van der Waals surface area contributed by atoms with Gasteiger partial charge >= 0.3 is 17.8 Å². The van der Waals surface area contributed by atoms with Crippen molar-refractivity contribution in [1.29, 1.82) is 0 Å². The fourth-order valence-corrected chi connectivity index (χ4v) is 3.75. The van der Waals surface area contributed by atoms with Crippen LogP contribution in [-0.4, -0.2) is 46.0 Å². The topological polar surface area (TPSA) is 74.8 Å². The van der Waals surface area contributed by atoms with Crippen LogP contribution in [0.25, 0.3) is 0 Å². The first-order chi connectivity index (χ1) is 10.5. The minimum Gasteiger partial charge on any atom is -0.291 e. The van der Waals surface area contributed by atoms with Crippen LogP contribution in [0.5, 0.6) is 0 Å². The van der Waals surface area contributed by atoms with Gasteiger partial charge in [0.25, 0.3) is 0 Å². The predicted molar refractivity (Wildman–Crippen MR) is 79.6 cm³/mol. The number of thiophene rings is 1. The Kier molecular flexibility index (Phi) is 3.82. The Morgan fingerprint density at radius 3 is 2.45 bits per heavy atom. The van der Waals surface area contributed by atoms with Crippen molar-refractivity contribution >= 4 is 35.0 Å². The average molecular weight is 320 g/mol. The predicted octanol–water partition coefficient (Wildman–Crippen LogP) is 1.97. The van der Waals surface area contributed by atoms with E-state index in [0.717, 1.165) is 40.4 Å². The molecule has 0 spiro atoms. The van der Waals surface area contributed by atoms with Crippen molar-refractivity contribution in [3.05, 3.63) is 21.9 Å². The molecule has 1 aliphatic heterocycles. The number of hydrogen-bond acceptors (Lipinski definition) is 5. The zero-order chi connectivity index (χ0) is 15.9. The summed E-state index contributed by atoms with van der Waals surface area (Å²) in [6.45, 7) is 1.51. The van der Waals surface area contributed by atoms with E-state index in [9.17, 15) is 19.2 Å². The van der Waals surface area contributed by atoms with Crippen molar-refractivity contribution in [3.63, 3.8) is 0 Å². The number of carbonyl (C=O) groups excluding carboxylic acids is 4. The van der Waals surface area contributed by atoms with E-state index in [1.807, 2.05) is 13.0 Å². The third-order valence-corrected chi connectivity index (χ3v) is 5.13. The van der Waals surface area contributed by atoms with Crippen molar-refractivity contribution < 1.29 is 19.2 Å². The van der Waals surface area contributed by atoms with Crippen molar-refractivity contribution in [1.82, 2.24) is 9.80 Å². The van der Waals surface area contributed by atoms with Crippen molar-refractivity contribution in [2.24, 2.45) is 0 Å². The molecule has 4 amide bonds. The quantitative estimate of drug-likeness (QED) is 0.483. The van der Waals surface area contributed by atoms with Gasteiger partial charge in [0.05, 0.1) is 11.4 Å². The summed E-state index contributed by atoms with van der Waals surface area (Å²) in [4.78, 5) is 51.9. The molecule has 0 N–H and O–H groups in total. The third kappa shape index (κ3) is 2.45. The van der Waals surface area contributed by atoms with Gasteiger partial charge in [-0.05, 0) is 31.9 Å². The lowest BCUT2D eigenvalue weighted by Gasteiger charge is -2.20. The van der Waals surface area contributed by atoms with E-state index in [0.29, 0.717) is 4.88 Å². The molecule has 0 bridgehead atoms. The summed E-state index contributed by atoms with van der Waals surface area (Å²) in [5.41, 5.74) is 0. The molecular formula is C15H16N2O4S. The van der Waals surface area contributed by atoms with Crippen LogP contribution in [0, 0.1) is 6.92 Å². The first-order valence-corrected chi connectivity index (χ1v) is 8.09. The van der Waals surface area contributed by atoms with E-state index in [4.69, 9.17) is 0 Å².